The highest BCUT2D eigenvalue weighted by atomic mass is 14.2. The average molecular weight is 325 g/mol. The van der Waals surface area contributed by atoms with Gasteiger partial charge in [-0.1, -0.05) is 119 Å². The van der Waals surface area contributed by atoms with Gasteiger partial charge in [-0.15, -0.1) is 0 Å². The molecule has 140 valence electrons. The molecular weight excluding hydrogens is 276 g/mol. The lowest BCUT2D eigenvalue weighted by Crippen LogP contribution is -2.15. The summed E-state index contributed by atoms with van der Waals surface area (Å²) in [5.74, 6) is 3.94. The first-order chi connectivity index (χ1) is 11.1. The Morgan fingerprint density at radius 2 is 1.26 bits per heavy atom. The summed E-state index contributed by atoms with van der Waals surface area (Å²) in [6, 6.07) is 0. The van der Waals surface area contributed by atoms with Crippen molar-refractivity contribution in [2.75, 3.05) is 0 Å². The molecule has 0 radical (unpaired) electrons. The molecule has 23 heavy (non-hydrogen) atoms. The van der Waals surface area contributed by atoms with Crippen molar-refractivity contribution >= 4 is 0 Å². The number of hydrogen-bond donors (Lipinski definition) is 0. The van der Waals surface area contributed by atoms with E-state index in [1.165, 1.54) is 83.5 Å². The Kier molecular flexibility index (Phi) is 15.5. The summed E-state index contributed by atoms with van der Waals surface area (Å²) >= 11 is 0. The van der Waals surface area contributed by atoms with E-state index in [0.717, 1.165) is 23.7 Å². The van der Waals surface area contributed by atoms with Crippen LogP contribution < -0.4 is 0 Å². The predicted molar refractivity (Wildman–Crippen MR) is 108 cm³/mol. The summed E-state index contributed by atoms with van der Waals surface area (Å²) in [6.45, 7) is 14.0. The molecule has 0 aromatic heterocycles. The standard InChI is InChI=1S/C16H32.C7H16/c1-4-16(5-2)14(3)13-15-11-9-7-6-8-10-12-15;1-4-6-7(3)5-2/h14-16H,4-13H2,1-3H3;7H,4-6H2,1-3H3. The molecule has 2 unspecified atom stereocenters. The third kappa shape index (κ3) is 12.1. The van der Waals surface area contributed by atoms with Crippen LogP contribution in [0.2, 0.25) is 0 Å². The smallest absolute Gasteiger partial charge is 0.0394 e. The normalized spacial score (nSPS) is 19.4. The molecule has 1 aliphatic carbocycles. The van der Waals surface area contributed by atoms with E-state index in [4.69, 9.17) is 0 Å². The topological polar surface area (TPSA) is 0 Å². The van der Waals surface area contributed by atoms with Crippen molar-refractivity contribution in [3.63, 3.8) is 0 Å². The molecule has 0 N–H and O–H groups in total. The molecule has 0 heterocycles. The second-order valence-corrected chi connectivity index (χ2v) is 8.30. The lowest BCUT2D eigenvalue weighted by Gasteiger charge is -2.27. The molecule has 0 spiro atoms. The average Bonchev–Trinajstić information content (AvgIpc) is 2.52. The molecule has 0 bridgehead atoms. The van der Waals surface area contributed by atoms with Gasteiger partial charge >= 0.3 is 0 Å². The molecule has 1 fully saturated rings. The summed E-state index contributed by atoms with van der Waals surface area (Å²) in [4.78, 5) is 0. The van der Waals surface area contributed by atoms with Gasteiger partial charge in [0, 0.05) is 0 Å². The Labute approximate surface area is 149 Å². The summed E-state index contributed by atoms with van der Waals surface area (Å²) in [7, 11) is 0. The van der Waals surface area contributed by atoms with Gasteiger partial charge in [0.05, 0.1) is 0 Å². The first-order valence-electron chi connectivity index (χ1n) is 11.1. The van der Waals surface area contributed by atoms with Crippen LogP contribution in [-0.4, -0.2) is 0 Å². The van der Waals surface area contributed by atoms with Crippen LogP contribution >= 0.6 is 0 Å². The van der Waals surface area contributed by atoms with E-state index in [1.54, 1.807) is 0 Å². The van der Waals surface area contributed by atoms with E-state index in [-0.39, 0.29) is 0 Å². The minimum atomic E-state index is 0.949. The third-order valence-corrected chi connectivity index (χ3v) is 6.26. The molecule has 0 amide bonds. The predicted octanol–water partition coefficient (Wildman–Crippen LogP) is 8.64. The van der Waals surface area contributed by atoms with Crippen molar-refractivity contribution in [1.29, 1.82) is 0 Å². The first kappa shape index (κ1) is 23.0. The highest BCUT2D eigenvalue weighted by Crippen LogP contribution is 2.32. The zero-order valence-electron chi connectivity index (χ0n) is 17.5. The van der Waals surface area contributed by atoms with E-state index in [9.17, 15) is 0 Å². The van der Waals surface area contributed by atoms with Crippen molar-refractivity contribution < 1.29 is 0 Å². The minimum absolute atomic E-state index is 0.949. The van der Waals surface area contributed by atoms with Crippen LogP contribution in [0.1, 0.15) is 125 Å². The van der Waals surface area contributed by atoms with Gasteiger partial charge in [-0.05, 0) is 30.1 Å². The SMILES string of the molecule is CCC(CC)C(C)CC1CCCCCCC1.CCCC(C)CC. The maximum atomic E-state index is 2.50. The fraction of sp³-hybridized carbons (Fsp3) is 1.00. The molecular formula is C23H48. The van der Waals surface area contributed by atoms with Crippen LogP contribution in [-0.2, 0) is 0 Å². The quantitative estimate of drug-likeness (QED) is 0.419. The van der Waals surface area contributed by atoms with Gasteiger partial charge in [-0.3, -0.25) is 0 Å². The highest BCUT2D eigenvalue weighted by molar-refractivity contribution is 4.71. The number of hydrogen-bond acceptors (Lipinski definition) is 0. The summed E-state index contributed by atoms with van der Waals surface area (Å²) < 4.78 is 0. The van der Waals surface area contributed by atoms with Gasteiger partial charge < -0.3 is 0 Å². The van der Waals surface area contributed by atoms with Crippen molar-refractivity contribution in [2.45, 2.75) is 125 Å². The number of rotatable bonds is 8. The van der Waals surface area contributed by atoms with E-state index < -0.39 is 0 Å². The molecule has 0 nitrogen and oxygen atoms in total. The van der Waals surface area contributed by atoms with Crippen molar-refractivity contribution in [1.82, 2.24) is 0 Å². The maximum Gasteiger partial charge on any atom is -0.0394 e. The Hall–Kier alpha value is 0. The largest absolute Gasteiger partial charge is 0.0654 e. The fourth-order valence-electron chi connectivity index (χ4n) is 4.28. The van der Waals surface area contributed by atoms with Crippen molar-refractivity contribution in [2.24, 2.45) is 23.7 Å². The van der Waals surface area contributed by atoms with Crippen molar-refractivity contribution in [3.8, 4) is 0 Å². The molecule has 0 aliphatic heterocycles. The van der Waals surface area contributed by atoms with E-state index in [1.807, 2.05) is 0 Å². The minimum Gasteiger partial charge on any atom is -0.0654 e. The van der Waals surface area contributed by atoms with Gasteiger partial charge in [0.25, 0.3) is 0 Å². The van der Waals surface area contributed by atoms with Crippen LogP contribution in [0.5, 0.6) is 0 Å². The summed E-state index contributed by atoms with van der Waals surface area (Å²) in [5.41, 5.74) is 0. The maximum absolute atomic E-state index is 2.50. The van der Waals surface area contributed by atoms with E-state index in [2.05, 4.69) is 41.5 Å². The van der Waals surface area contributed by atoms with Crippen LogP contribution in [0.4, 0.5) is 0 Å². The van der Waals surface area contributed by atoms with Crippen LogP contribution in [0.15, 0.2) is 0 Å². The molecule has 0 heteroatoms. The van der Waals surface area contributed by atoms with Crippen LogP contribution in [0, 0.1) is 23.7 Å². The lowest BCUT2D eigenvalue weighted by molar-refractivity contribution is 0.244. The van der Waals surface area contributed by atoms with Gasteiger partial charge in [-0.25, -0.2) is 0 Å². The Morgan fingerprint density at radius 1 is 0.739 bits per heavy atom. The second kappa shape index (κ2) is 15.5. The van der Waals surface area contributed by atoms with Gasteiger partial charge in [0.1, 0.15) is 0 Å². The van der Waals surface area contributed by atoms with E-state index >= 15 is 0 Å². The van der Waals surface area contributed by atoms with Gasteiger partial charge in [0.2, 0.25) is 0 Å². The van der Waals surface area contributed by atoms with E-state index in [0.29, 0.717) is 0 Å². The first-order valence-corrected chi connectivity index (χ1v) is 11.1. The molecule has 0 saturated heterocycles. The van der Waals surface area contributed by atoms with Gasteiger partial charge in [0.15, 0.2) is 0 Å². The zero-order chi connectivity index (χ0) is 17.5. The molecule has 1 rings (SSSR count). The molecule has 0 aromatic carbocycles. The van der Waals surface area contributed by atoms with Gasteiger partial charge in [-0.2, -0.15) is 0 Å². The summed E-state index contributed by atoms with van der Waals surface area (Å²) in [6.07, 6.45) is 18.9. The molecule has 0 aromatic rings. The Morgan fingerprint density at radius 3 is 1.65 bits per heavy atom. The molecule has 2 atom stereocenters. The Bertz CT molecular complexity index is 220. The monoisotopic (exact) mass is 324 g/mol. The van der Waals surface area contributed by atoms with Crippen LogP contribution in [0.25, 0.3) is 0 Å². The third-order valence-electron chi connectivity index (χ3n) is 6.26. The Balaban J connectivity index is 0.000000585. The van der Waals surface area contributed by atoms with Crippen LogP contribution in [0.3, 0.4) is 0 Å². The molecule has 1 aliphatic rings. The molecule has 1 saturated carbocycles. The zero-order valence-corrected chi connectivity index (χ0v) is 17.5. The van der Waals surface area contributed by atoms with Crippen molar-refractivity contribution in [3.05, 3.63) is 0 Å². The fourth-order valence-corrected chi connectivity index (χ4v) is 4.28. The highest BCUT2D eigenvalue weighted by Gasteiger charge is 2.19. The summed E-state index contributed by atoms with van der Waals surface area (Å²) in [5, 5.41) is 0. The lowest BCUT2D eigenvalue weighted by atomic mass is 9.79. The second-order valence-electron chi connectivity index (χ2n) is 8.30.